The van der Waals surface area contributed by atoms with E-state index in [1.54, 1.807) is 0 Å². The molecule has 0 aromatic rings. The third-order valence-corrected chi connectivity index (χ3v) is 3.32. The average Bonchev–Trinajstić information content (AvgIpc) is 2.69. The van der Waals surface area contributed by atoms with Crippen LogP contribution in [-0.2, 0) is 14.4 Å². The minimum Gasteiger partial charge on any atom is -0.354 e. The molecule has 1 aliphatic rings. The van der Waals surface area contributed by atoms with Crippen molar-refractivity contribution in [2.75, 3.05) is 6.54 Å². The summed E-state index contributed by atoms with van der Waals surface area (Å²) in [7, 11) is 0. The molecule has 0 saturated carbocycles. The van der Waals surface area contributed by atoms with Crippen molar-refractivity contribution in [1.29, 1.82) is 0 Å². The number of carbonyl (C=O) groups is 3. The van der Waals surface area contributed by atoms with E-state index < -0.39 is 0 Å². The van der Waals surface area contributed by atoms with E-state index in [1.807, 2.05) is 6.92 Å². The summed E-state index contributed by atoms with van der Waals surface area (Å²) in [4.78, 5) is 35.4. The number of nitrogens with zero attached hydrogens (tertiary/aromatic N) is 1. The molecule has 5 heteroatoms. The lowest BCUT2D eigenvalue weighted by Gasteiger charge is -2.14. The highest BCUT2D eigenvalue weighted by Crippen LogP contribution is 2.07. The second kappa shape index (κ2) is 8.51. The summed E-state index contributed by atoms with van der Waals surface area (Å²) in [5.74, 6) is -0.386. The van der Waals surface area contributed by atoms with Gasteiger partial charge < -0.3 is 5.32 Å². The summed E-state index contributed by atoms with van der Waals surface area (Å²) in [5.41, 5.74) is 0. The largest absolute Gasteiger partial charge is 0.354 e. The predicted molar refractivity (Wildman–Crippen MR) is 76.8 cm³/mol. The molecule has 0 aliphatic carbocycles. The second-order valence-corrected chi connectivity index (χ2v) is 5.23. The molecule has 20 heavy (non-hydrogen) atoms. The molecule has 0 spiro atoms. The molecule has 1 unspecified atom stereocenters. The van der Waals surface area contributed by atoms with Crippen molar-refractivity contribution in [3.05, 3.63) is 12.2 Å². The molecule has 3 amide bonds. The topological polar surface area (TPSA) is 66.5 Å². The van der Waals surface area contributed by atoms with Crippen LogP contribution in [0.25, 0.3) is 0 Å². The van der Waals surface area contributed by atoms with E-state index in [2.05, 4.69) is 12.2 Å². The van der Waals surface area contributed by atoms with Gasteiger partial charge in [0.2, 0.25) is 5.91 Å². The van der Waals surface area contributed by atoms with Crippen molar-refractivity contribution in [2.45, 2.75) is 58.4 Å². The maximum Gasteiger partial charge on any atom is 0.253 e. The van der Waals surface area contributed by atoms with Gasteiger partial charge in [-0.25, -0.2) is 0 Å². The highest BCUT2D eigenvalue weighted by molar-refractivity contribution is 6.12. The maximum absolute atomic E-state index is 11.6. The second-order valence-electron chi connectivity index (χ2n) is 5.23. The molecule has 1 atom stereocenters. The Bertz CT molecular complexity index is 373. The molecule has 0 bridgehead atoms. The normalized spacial score (nSPS) is 15.8. The molecule has 0 fully saturated rings. The van der Waals surface area contributed by atoms with E-state index in [-0.39, 0.29) is 23.8 Å². The van der Waals surface area contributed by atoms with Gasteiger partial charge in [0, 0.05) is 31.2 Å². The number of nitrogens with one attached hydrogen (secondary N) is 1. The van der Waals surface area contributed by atoms with Crippen LogP contribution in [0, 0.1) is 0 Å². The number of hydrogen-bond acceptors (Lipinski definition) is 3. The van der Waals surface area contributed by atoms with Gasteiger partial charge in [-0.15, -0.1) is 0 Å². The first-order chi connectivity index (χ1) is 9.54. The van der Waals surface area contributed by atoms with Crippen LogP contribution < -0.4 is 5.32 Å². The number of amides is 3. The zero-order chi connectivity index (χ0) is 15.0. The molecule has 1 N–H and O–H groups in total. The van der Waals surface area contributed by atoms with Crippen LogP contribution in [0.1, 0.15) is 52.4 Å². The predicted octanol–water partition coefficient (Wildman–Crippen LogP) is 1.78. The van der Waals surface area contributed by atoms with E-state index >= 15 is 0 Å². The van der Waals surface area contributed by atoms with Crippen LogP contribution in [-0.4, -0.2) is 35.2 Å². The SMILES string of the molecule is CCCC(C)NC(=O)CCCCCN1C(=O)C=CC1=O. The highest BCUT2D eigenvalue weighted by atomic mass is 16.2. The molecule has 0 aromatic carbocycles. The van der Waals surface area contributed by atoms with Crippen LogP contribution in [0.4, 0.5) is 0 Å². The first-order valence-corrected chi connectivity index (χ1v) is 7.37. The molecular weight excluding hydrogens is 256 g/mol. The van der Waals surface area contributed by atoms with Gasteiger partial charge in [-0.2, -0.15) is 0 Å². The Hall–Kier alpha value is -1.65. The monoisotopic (exact) mass is 280 g/mol. The lowest BCUT2D eigenvalue weighted by Crippen LogP contribution is -2.32. The summed E-state index contributed by atoms with van der Waals surface area (Å²) in [6.45, 7) is 4.55. The molecule has 112 valence electrons. The Morgan fingerprint density at radius 2 is 1.85 bits per heavy atom. The van der Waals surface area contributed by atoms with Gasteiger partial charge in [0.05, 0.1) is 0 Å². The third kappa shape index (κ3) is 5.55. The first-order valence-electron chi connectivity index (χ1n) is 7.37. The van der Waals surface area contributed by atoms with E-state index in [0.29, 0.717) is 13.0 Å². The van der Waals surface area contributed by atoms with Crippen molar-refractivity contribution in [3.63, 3.8) is 0 Å². The zero-order valence-electron chi connectivity index (χ0n) is 12.4. The Kier molecular flexibility index (Phi) is 6.98. The fraction of sp³-hybridized carbons (Fsp3) is 0.667. The van der Waals surface area contributed by atoms with Crippen LogP contribution in [0.3, 0.4) is 0 Å². The van der Waals surface area contributed by atoms with Gasteiger partial charge in [-0.3, -0.25) is 19.3 Å². The van der Waals surface area contributed by atoms with Crippen LogP contribution >= 0.6 is 0 Å². The Morgan fingerprint density at radius 1 is 1.20 bits per heavy atom. The quantitative estimate of drug-likeness (QED) is 0.517. The Balaban J connectivity index is 2.06. The van der Waals surface area contributed by atoms with E-state index in [4.69, 9.17) is 0 Å². The number of rotatable bonds is 9. The lowest BCUT2D eigenvalue weighted by molar-refractivity contribution is -0.137. The minimum atomic E-state index is -0.235. The van der Waals surface area contributed by atoms with Crippen molar-refractivity contribution in [1.82, 2.24) is 10.2 Å². The van der Waals surface area contributed by atoms with Gasteiger partial charge in [0.1, 0.15) is 0 Å². The summed E-state index contributed by atoms with van der Waals surface area (Å²) in [5, 5.41) is 2.96. The van der Waals surface area contributed by atoms with Crippen LogP contribution in [0.15, 0.2) is 12.2 Å². The molecule has 1 aliphatic heterocycles. The smallest absolute Gasteiger partial charge is 0.253 e. The van der Waals surface area contributed by atoms with Gasteiger partial charge in [0.15, 0.2) is 0 Å². The Labute approximate surface area is 120 Å². The number of imide groups is 1. The molecule has 5 nitrogen and oxygen atoms in total. The molecule has 1 rings (SSSR count). The van der Waals surface area contributed by atoms with Gasteiger partial charge in [0.25, 0.3) is 11.8 Å². The van der Waals surface area contributed by atoms with Crippen molar-refractivity contribution >= 4 is 17.7 Å². The summed E-state index contributed by atoms with van der Waals surface area (Å²) < 4.78 is 0. The van der Waals surface area contributed by atoms with Gasteiger partial charge >= 0.3 is 0 Å². The van der Waals surface area contributed by atoms with E-state index in [9.17, 15) is 14.4 Å². The summed E-state index contributed by atoms with van der Waals surface area (Å²) in [6.07, 6.45) is 7.53. The summed E-state index contributed by atoms with van der Waals surface area (Å²) in [6, 6.07) is 0.235. The molecule has 1 heterocycles. The fourth-order valence-electron chi connectivity index (χ4n) is 2.24. The van der Waals surface area contributed by atoms with Crippen molar-refractivity contribution in [2.24, 2.45) is 0 Å². The molecule has 0 aromatic heterocycles. The fourth-order valence-corrected chi connectivity index (χ4v) is 2.24. The standard InChI is InChI=1S/C15H24N2O3/c1-3-7-12(2)16-13(18)8-5-4-6-11-17-14(19)9-10-15(17)20/h9-10,12H,3-8,11H2,1-2H3,(H,16,18). The van der Waals surface area contributed by atoms with Gasteiger partial charge in [-0.1, -0.05) is 19.8 Å². The highest BCUT2D eigenvalue weighted by Gasteiger charge is 2.22. The van der Waals surface area contributed by atoms with Gasteiger partial charge in [-0.05, 0) is 26.2 Å². The lowest BCUT2D eigenvalue weighted by atomic mass is 10.1. The van der Waals surface area contributed by atoms with Crippen LogP contribution in [0.2, 0.25) is 0 Å². The molecule has 0 radical (unpaired) electrons. The van der Waals surface area contributed by atoms with Crippen molar-refractivity contribution < 1.29 is 14.4 Å². The Morgan fingerprint density at radius 3 is 2.45 bits per heavy atom. The minimum absolute atomic E-state index is 0.0842. The summed E-state index contributed by atoms with van der Waals surface area (Å²) >= 11 is 0. The molecular formula is C15H24N2O3. The van der Waals surface area contributed by atoms with E-state index in [0.717, 1.165) is 32.1 Å². The van der Waals surface area contributed by atoms with Crippen LogP contribution in [0.5, 0.6) is 0 Å². The number of unbranched alkanes of at least 4 members (excludes halogenated alkanes) is 2. The number of carbonyl (C=O) groups excluding carboxylic acids is 3. The zero-order valence-corrected chi connectivity index (χ0v) is 12.4. The third-order valence-electron chi connectivity index (χ3n) is 3.32. The van der Waals surface area contributed by atoms with Crippen molar-refractivity contribution in [3.8, 4) is 0 Å². The number of hydrogen-bond donors (Lipinski definition) is 1. The first kappa shape index (κ1) is 16.4. The van der Waals surface area contributed by atoms with E-state index in [1.165, 1.54) is 17.1 Å². The average molecular weight is 280 g/mol. The maximum atomic E-state index is 11.6. The molecule has 0 saturated heterocycles.